The van der Waals surface area contributed by atoms with Gasteiger partial charge in [0, 0.05) is 5.56 Å². The highest BCUT2D eigenvalue weighted by molar-refractivity contribution is 7.92. The van der Waals surface area contributed by atoms with Crippen LogP contribution < -0.4 is 14.8 Å². The Labute approximate surface area is 189 Å². The van der Waals surface area contributed by atoms with Gasteiger partial charge in [0.15, 0.2) is 11.6 Å². The number of sulfonamides is 1. The molecular formula is C22H19ClF2N2O4S. The predicted molar refractivity (Wildman–Crippen MR) is 117 cm³/mol. The lowest BCUT2D eigenvalue weighted by Gasteiger charge is -2.16. The second kappa shape index (κ2) is 9.54. The zero-order valence-electron chi connectivity index (χ0n) is 17.0. The van der Waals surface area contributed by atoms with Crippen LogP contribution >= 0.6 is 11.6 Å². The molecule has 0 aliphatic heterocycles. The number of hydrogen-bond donors (Lipinski definition) is 2. The molecular weight excluding hydrogens is 462 g/mol. The first-order valence-electron chi connectivity index (χ1n) is 9.33. The number of carbonyl (C=O) groups is 1. The SMILES string of the molecule is COc1ccc(C(C)NC(=O)c2ccc(Cl)c(NS(=O)(=O)c3ccc(F)cc3)c2)cc1F. The maximum Gasteiger partial charge on any atom is 0.261 e. The lowest BCUT2D eigenvalue weighted by atomic mass is 10.1. The summed E-state index contributed by atoms with van der Waals surface area (Å²) in [7, 11) is -2.71. The standard InChI is InChI=1S/C22H19ClF2N2O4S/c1-13(14-4-10-21(31-2)19(25)11-14)26-22(28)15-3-9-18(23)20(12-15)27-32(29,30)17-7-5-16(24)6-8-17/h3-13,27H,1-2H3,(H,26,28). The Morgan fingerprint density at radius 3 is 2.34 bits per heavy atom. The van der Waals surface area contributed by atoms with Crippen LogP contribution in [-0.2, 0) is 10.0 Å². The first-order valence-corrected chi connectivity index (χ1v) is 11.2. The summed E-state index contributed by atoms with van der Waals surface area (Å²) in [5.74, 6) is -1.57. The second-order valence-electron chi connectivity index (χ2n) is 6.84. The molecule has 0 saturated carbocycles. The lowest BCUT2D eigenvalue weighted by molar-refractivity contribution is 0.0940. The molecule has 3 aromatic rings. The lowest BCUT2D eigenvalue weighted by Crippen LogP contribution is -2.27. The van der Waals surface area contributed by atoms with Crippen LogP contribution in [0.4, 0.5) is 14.5 Å². The highest BCUT2D eigenvalue weighted by Crippen LogP contribution is 2.27. The van der Waals surface area contributed by atoms with Crippen LogP contribution in [0.3, 0.4) is 0 Å². The van der Waals surface area contributed by atoms with Crippen LogP contribution in [0.1, 0.15) is 28.9 Å². The summed E-state index contributed by atoms with van der Waals surface area (Å²) < 4.78 is 59.3. The number of benzene rings is 3. The molecule has 2 N–H and O–H groups in total. The Balaban J connectivity index is 1.79. The molecule has 6 nitrogen and oxygen atoms in total. The van der Waals surface area contributed by atoms with Crippen molar-refractivity contribution in [2.24, 2.45) is 0 Å². The van der Waals surface area contributed by atoms with Crippen molar-refractivity contribution in [3.8, 4) is 5.75 Å². The normalized spacial score (nSPS) is 12.2. The van der Waals surface area contributed by atoms with Gasteiger partial charge < -0.3 is 10.1 Å². The van der Waals surface area contributed by atoms with E-state index in [4.69, 9.17) is 16.3 Å². The van der Waals surface area contributed by atoms with Crippen LogP contribution in [0, 0.1) is 11.6 Å². The van der Waals surface area contributed by atoms with Gasteiger partial charge in [-0.15, -0.1) is 0 Å². The number of ether oxygens (including phenoxy) is 1. The minimum Gasteiger partial charge on any atom is -0.494 e. The monoisotopic (exact) mass is 480 g/mol. The molecule has 0 aliphatic carbocycles. The summed E-state index contributed by atoms with van der Waals surface area (Å²) in [4.78, 5) is 12.5. The number of anilines is 1. The summed E-state index contributed by atoms with van der Waals surface area (Å²) in [5.41, 5.74) is 0.627. The van der Waals surface area contributed by atoms with E-state index in [1.807, 2.05) is 0 Å². The Morgan fingerprint density at radius 2 is 1.72 bits per heavy atom. The summed E-state index contributed by atoms with van der Waals surface area (Å²) in [6.45, 7) is 1.67. The number of amides is 1. The van der Waals surface area contributed by atoms with Crippen molar-refractivity contribution >= 4 is 33.2 Å². The molecule has 168 valence electrons. The van der Waals surface area contributed by atoms with Crippen molar-refractivity contribution in [3.05, 3.63) is 88.4 Å². The van der Waals surface area contributed by atoms with E-state index in [0.717, 1.165) is 24.3 Å². The molecule has 0 fully saturated rings. The van der Waals surface area contributed by atoms with E-state index in [9.17, 15) is 22.0 Å². The Kier molecular flexibility index (Phi) is 7.00. The molecule has 0 radical (unpaired) electrons. The molecule has 1 unspecified atom stereocenters. The zero-order valence-corrected chi connectivity index (χ0v) is 18.6. The van der Waals surface area contributed by atoms with Gasteiger partial charge >= 0.3 is 0 Å². The third-order valence-electron chi connectivity index (χ3n) is 4.62. The van der Waals surface area contributed by atoms with Gasteiger partial charge in [-0.2, -0.15) is 0 Å². The molecule has 1 atom stereocenters. The highest BCUT2D eigenvalue weighted by Gasteiger charge is 2.19. The second-order valence-corrected chi connectivity index (χ2v) is 8.93. The van der Waals surface area contributed by atoms with E-state index in [1.165, 1.54) is 37.4 Å². The van der Waals surface area contributed by atoms with Gasteiger partial charge in [-0.25, -0.2) is 17.2 Å². The summed E-state index contributed by atoms with van der Waals surface area (Å²) in [6.07, 6.45) is 0. The largest absolute Gasteiger partial charge is 0.494 e. The molecule has 32 heavy (non-hydrogen) atoms. The summed E-state index contributed by atoms with van der Waals surface area (Å²) >= 11 is 6.10. The van der Waals surface area contributed by atoms with Crippen LogP contribution in [-0.4, -0.2) is 21.4 Å². The molecule has 3 rings (SSSR count). The quantitative estimate of drug-likeness (QED) is 0.502. The fraction of sp³-hybridized carbons (Fsp3) is 0.136. The Bertz CT molecular complexity index is 1250. The average Bonchev–Trinajstić information content (AvgIpc) is 2.75. The highest BCUT2D eigenvalue weighted by atomic mass is 35.5. The molecule has 0 heterocycles. The first kappa shape index (κ1) is 23.5. The van der Waals surface area contributed by atoms with E-state index >= 15 is 0 Å². The van der Waals surface area contributed by atoms with Gasteiger partial charge in [0.25, 0.3) is 15.9 Å². The molecule has 0 aromatic heterocycles. The number of carbonyl (C=O) groups excluding carboxylic acids is 1. The van der Waals surface area contributed by atoms with E-state index in [-0.39, 0.29) is 26.9 Å². The van der Waals surface area contributed by atoms with Gasteiger partial charge in [0.05, 0.1) is 28.8 Å². The van der Waals surface area contributed by atoms with Crippen molar-refractivity contribution in [2.75, 3.05) is 11.8 Å². The van der Waals surface area contributed by atoms with E-state index in [1.54, 1.807) is 13.0 Å². The molecule has 0 aliphatic rings. The maximum absolute atomic E-state index is 13.9. The predicted octanol–water partition coefficient (Wildman–Crippen LogP) is 4.92. The summed E-state index contributed by atoms with van der Waals surface area (Å²) in [6, 6.07) is 12.1. The molecule has 0 bridgehead atoms. The fourth-order valence-corrected chi connectivity index (χ4v) is 4.17. The van der Waals surface area contributed by atoms with E-state index in [2.05, 4.69) is 10.0 Å². The first-order chi connectivity index (χ1) is 15.1. The Morgan fingerprint density at radius 1 is 1.03 bits per heavy atom. The van der Waals surface area contributed by atoms with Gasteiger partial charge in [-0.1, -0.05) is 17.7 Å². The number of halogens is 3. The van der Waals surface area contributed by atoms with Gasteiger partial charge in [-0.3, -0.25) is 9.52 Å². The molecule has 10 heteroatoms. The Hall–Kier alpha value is -3.17. The number of nitrogens with one attached hydrogen (secondary N) is 2. The molecule has 3 aromatic carbocycles. The summed E-state index contributed by atoms with van der Waals surface area (Å²) in [5, 5.41) is 2.78. The third-order valence-corrected chi connectivity index (χ3v) is 6.33. The topological polar surface area (TPSA) is 84.5 Å². The van der Waals surface area contributed by atoms with Crippen molar-refractivity contribution in [1.82, 2.24) is 5.32 Å². The smallest absolute Gasteiger partial charge is 0.261 e. The van der Waals surface area contributed by atoms with E-state index < -0.39 is 33.6 Å². The molecule has 0 saturated heterocycles. The number of methoxy groups -OCH3 is 1. The van der Waals surface area contributed by atoms with Crippen molar-refractivity contribution in [1.29, 1.82) is 0 Å². The number of rotatable bonds is 7. The zero-order chi connectivity index (χ0) is 23.5. The van der Waals surface area contributed by atoms with Crippen LogP contribution in [0.25, 0.3) is 0 Å². The molecule has 0 spiro atoms. The van der Waals surface area contributed by atoms with E-state index in [0.29, 0.717) is 5.56 Å². The number of hydrogen-bond acceptors (Lipinski definition) is 4. The third kappa shape index (κ3) is 5.35. The van der Waals surface area contributed by atoms with Crippen LogP contribution in [0.5, 0.6) is 5.75 Å². The minimum absolute atomic E-state index is 0.0215. The molecule has 1 amide bonds. The van der Waals surface area contributed by atoms with Gasteiger partial charge in [-0.05, 0) is 67.1 Å². The van der Waals surface area contributed by atoms with Crippen LogP contribution in [0.15, 0.2) is 65.6 Å². The minimum atomic E-state index is -4.06. The maximum atomic E-state index is 13.9. The van der Waals surface area contributed by atoms with Gasteiger partial charge in [0.2, 0.25) is 0 Å². The van der Waals surface area contributed by atoms with Gasteiger partial charge in [0.1, 0.15) is 5.82 Å². The van der Waals surface area contributed by atoms with Crippen molar-refractivity contribution in [3.63, 3.8) is 0 Å². The van der Waals surface area contributed by atoms with Crippen molar-refractivity contribution < 1.29 is 26.7 Å². The fourth-order valence-electron chi connectivity index (χ4n) is 2.88. The average molecular weight is 481 g/mol. The van der Waals surface area contributed by atoms with Crippen molar-refractivity contribution in [2.45, 2.75) is 17.9 Å². The van der Waals surface area contributed by atoms with Crippen LogP contribution in [0.2, 0.25) is 5.02 Å².